The third kappa shape index (κ3) is 12.5. The monoisotopic (exact) mass is 224 g/mol. The Bertz CT molecular complexity index is 274. The number of nitrogens with zero attached hydrogens (tertiary/aromatic N) is 4. The molecule has 0 amide bonds. The number of hydrogen-bond acceptors (Lipinski definition) is 5. The van der Waals surface area contributed by atoms with E-state index >= 15 is 0 Å². The van der Waals surface area contributed by atoms with Crippen molar-refractivity contribution in [1.29, 1.82) is 10.5 Å². The molecule has 16 heavy (non-hydrogen) atoms. The minimum absolute atomic E-state index is 0.167. The minimum Gasteiger partial charge on any atom is -0.394 e. The Morgan fingerprint density at radius 2 is 1.12 bits per heavy atom. The van der Waals surface area contributed by atoms with Crippen LogP contribution in [0.1, 0.15) is 41.5 Å². The molecule has 5 heteroatoms. The Morgan fingerprint density at radius 1 is 0.938 bits per heavy atom. The van der Waals surface area contributed by atoms with Crippen LogP contribution in [0.25, 0.3) is 0 Å². The zero-order valence-electron chi connectivity index (χ0n) is 10.8. The SMILES string of the molecule is CC(C)(C#N)N=NC(C)(C)C#N.CC(C)O. The molecule has 90 valence electrons. The Kier molecular flexibility index (Phi) is 7.33. The van der Waals surface area contributed by atoms with Crippen molar-refractivity contribution >= 4 is 0 Å². The summed E-state index contributed by atoms with van der Waals surface area (Å²) in [5.74, 6) is 0. The van der Waals surface area contributed by atoms with E-state index in [1.807, 2.05) is 12.1 Å². The highest BCUT2D eigenvalue weighted by molar-refractivity contribution is 5.03. The second kappa shape index (κ2) is 6.92. The van der Waals surface area contributed by atoms with E-state index < -0.39 is 11.1 Å². The molecule has 0 radical (unpaired) electrons. The van der Waals surface area contributed by atoms with Gasteiger partial charge in [-0.15, -0.1) is 0 Å². The van der Waals surface area contributed by atoms with Crippen LogP contribution in [0.5, 0.6) is 0 Å². The van der Waals surface area contributed by atoms with Gasteiger partial charge in [0.25, 0.3) is 0 Å². The highest BCUT2D eigenvalue weighted by Gasteiger charge is 2.19. The van der Waals surface area contributed by atoms with Crippen molar-refractivity contribution in [2.75, 3.05) is 0 Å². The van der Waals surface area contributed by atoms with Gasteiger partial charge in [-0.1, -0.05) is 0 Å². The number of rotatable bonds is 2. The molecule has 1 N–H and O–H groups in total. The maximum Gasteiger partial charge on any atom is 0.162 e. The minimum atomic E-state index is -0.839. The van der Waals surface area contributed by atoms with Crippen LogP contribution in [0.2, 0.25) is 0 Å². The molecule has 0 bridgehead atoms. The molecule has 0 aromatic heterocycles. The van der Waals surface area contributed by atoms with Crippen LogP contribution in [0.4, 0.5) is 0 Å². The Hall–Kier alpha value is -1.46. The van der Waals surface area contributed by atoms with E-state index in [2.05, 4.69) is 10.2 Å². The summed E-state index contributed by atoms with van der Waals surface area (Å²) >= 11 is 0. The van der Waals surface area contributed by atoms with Crippen molar-refractivity contribution in [3.63, 3.8) is 0 Å². The Labute approximate surface area is 97.4 Å². The fourth-order valence-corrected chi connectivity index (χ4v) is 0.295. The predicted octanol–water partition coefficient (Wildman–Crippen LogP) is 2.43. The molecule has 0 saturated carbocycles. The number of azo groups is 1. The van der Waals surface area contributed by atoms with Crippen molar-refractivity contribution < 1.29 is 5.11 Å². The highest BCUT2D eigenvalue weighted by atomic mass is 16.3. The zero-order valence-corrected chi connectivity index (χ0v) is 10.8. The van der Waals surface area contributed by atoms with Crippen LogP contribution in [-0.4, -0.2) is 22.3 Å². The average molecular weight is 224 g/mol. The molecule has 0 fully saturated rings. The average Bonchev–Trinajstić information content (AvgIpc) is 2.15. The fraction of sp³-hybridized carbons (Fsp3) is 0.818. The lowest BCUT2D eigenvalue weighted by atomic mass is 10.1. The summed E-state index contributed by atoms with van der Waals surface area (Å²) < 4.78 is 0. The largest absolute Gasteiger partial charge is 0.394 e. The van der Waals surface area contributed by atoms with Crippen LogP contribution in [0, 0.1) is 22.7 Å². The lowest BCUT2D eigenvalue weighted by Crippen LogP contribution is -2.17. The van der Waals surface area contributed by atoms with Crippen molar-refractivity contribution in [3.8, 4) is 12.1 Å². The Morgan fingerprint density at radius 3 is 1.25 bits per heavy atom. The topological polar surface area (TPSA) is 92.5 Å². The van der Waals surface area contributed by atoms with Gasteiger partial charge in [0.15, 0.2) is 11.1 Å². The highest BCUT2D eigenvalue weighted by Crippen LogP contribution is 2.13. The second-order valence-corrected chi connectivity index (χ2v) is 4.64. The van der Waals surface area contributed by atoms with Crippen molar-refractivity contribution in [3.05, 3.63) is 0 Å². The maximum atomic E-state index is 8.58. The first kappa shape index (κ1) is 17.0. The van der Waals surface area contributed by atoms with Crippen LogP contribution < -0.4 is 0 Å². The van der Waals surface area contributed by atoms with Gasteiger partial charge in [0.2, 0.25) is 0 Å². The van der Waals surface area contributed by atoms with Gasteiger partial charge in [0.1, 0.15) is 0 Å². The van der Waals surface area contributed by atoms with Gasteiger partial charge in [0.05, 0.1) is 12.1 Å². The molecule has 0 aromatic rings. The van der Waals surface area contributed by atoms with Crippen LogP contribution >= 0.6 is 0 Å². The standard InChI is InChI=1S/C8H12N4.C3H8O/c1-7(2,5-9)11-12-8(3,4)6-10;1-3(2)4/h1-4H3;3-4H,1-2H3. The van der Waals surface area contributed by atoms with E-state index in [0.29, 0.717) is 0 Å². The lowest BCUT2D eigenvalue weighted by molar-refractivity contribution is 0.216. The molecule has 0 heterocycles. The molecule has 0 aliphatic heterocycles. The smallest absolute Gasteiger partial charge is 0.162 e. The third-order valence-electron chi connectivity index (χ3n) is 1.10. The normalized spacial score (nSPS) is 11.6. The molecular weight excluding hydrogens is 204 g/mol. The van der Waals surface area contributed by atoms with E-state index in [0.717, 1.165) is 0 Å². The van der Waals surface area contributed by atoms with Crippen LogP contribution in [-0.2, 0) is 0 Å². The molecule has 0 aliphatic rings. The molecular formula is C11H20N4O. The molecule has 0 aromatic carbocycles. The summed E-state index contributed by atoms with van der Waals surface area (Å²) in [6, 6.07) is 3.94. The summed E-state index contributed by atoms with van der Waals surface area (Å²) in [6.07, 6.45) is -0.167. The van der Waals surface area contributed by atoms with Gasteiger partial charge in [-0.3, -0.25) is 0 Å². The van der Waals surface area contributed by atoms with E-state index in [1.54, 1.807) is 41.5 Å². The van der Waals surface area contributed by atoms with Crippen LogP contribution in [0.15, 0.2) is 10.2 Å². The van der Waals surface area contributed by atoms with Gasteiger partial charge in [-0.05, 0) is 41.5 Å². The fourth-order valence-electron chi connectivity index (χ4n) is 0.295. The summed E-state index contributed by atoms with van der Waals surface area (Å²) in [7, 11) is 0. The van der Waals surface area contributed by atoms with Gasteiger partial charge in [-0.2, -0.15) is 20.8 Å². The summed E-state index contributed by atoms with van der Waals surface area (Å²) in [5, 5.41) is 32.7. The maximum absolute atomic E-state index is 8.58. The molecule has 0 aliphatic carbocycles. The van der Waals surface area contributed by atoms with Gasteiger partial charge >= 0.3 is 0 Å². The molecule has 0 unspecified atom stereocenters. The number of nitriles is 2. The molecule has 0 spiro atoms. The third-order valence-corrected chi connectivity index (χ3v) is 1.10. The number of aliphatic hydroxyl groups is 1. The first-order chi connectivity index (χ1) is 7.06. The second-order valence-electron chi connectivity index (χ2n) is 4.64. The van der Waals surface area contributed by atoms with E-state index in [-0.39, 0.29) is 6.10 Å². The molecule has 0 rings (SSSR count). The van der Waals surface area contributed by atoms with Crippen molar-refractivity contribution in [2.24, 2.45) is 10.2 Å². The molecule has 0 saturated heterocycles. The summed E-state index contributed by atoms with van der Waals surface area (Å²) in [6.45, 7) is 10.0. The van der Waals surface area contributed by atoms with Gasteiger partial charge < -0.3 is 5.11 Å². The number of aliphatic hydroxyl groups excluding tert-OH is 1. The van der Waals surface area contributed by atoms with Crippen LogP contribution in [0.3, 0.4) is 0 Å². The first-order valence-corrected chi connectivity index (χ1v) is 5.01. The number of hydrogen-bond donors (Lipinski definition) is 1. The van der Waals surface area contributed by atoms with E-state index in [4.69, 9.17) is 15.6 Å². The summed E-state index contributed by atoms with van der Waals surface area (Å²) in [4.78, 5) is 0. The van der Waals surface area contributed by atoms with E-state index in [9.17, 15) is 0 Å². The first-order valence-electron chi connectivity index (χ1n) is 5.01. The van der Waals surface area contributed by atoms with Crippen molar-refractivity contribution in [1.82, 2.24) is 0 Å². The zero-order chi connectivity index (χ0) is 13.4. The summed E-state index contributed by atoms with van der Waals surface area (Å²) in [5.41, 5.74) is -1.68. The van der Waals surface area contributed by atoms with Crippen molar-refractivity contribution in [2.45, 2.75) is 58.7 Å². The molecule has 0 atom stereocenters. The van der Waals surface area contributed by atoms with E-state index in [1.165, 1.54) is 0 Å². The predicted molar refractivity (Wildman–Crippen MR) is 61.6 cm³/mol. The van der Waals surface area contributed by atoms with Gasteiger partial charge in [0, 0.05) is 6.10 Å². The lowest BCUT2D eigenvalue weighted by Gasteiger charge is -2.11. The Balaban J connectivity index is 0. The molecule has 5 nitrogen and oxygen atoms in total. The quantitative estimate of drug-likeness (QED) is 0.730. The van der Waals surface area contributed by atoms with Gasteiger partial charge in [-0.25, -0.2) is 0 Å².